The zero-order valence-corrected chi connectivity index (χ0v) is 22.2. The van der Waals surface area contributed by atoms with E-state index in [-0.39, 0.29) is 0 Å². The molecule has 5 rings (SSSR count). The quantitative estimate of drug-likeness (QED) is 0.506. The Morgan fingerprint density at radius 2 is 1.74 bits per heavy atom. The number of anilines is 2. The molecule has 1 aromatic carbocycles. The number of benzene rings is 1. The molecule has 0 spiro atoms. The fourth-order valence-electron chi connectivity index (χ4n) is 5.08. The van der Waals surface area contributed by atoms with E-state index < -0.39 is 0 Å². The summed E-state index contributed by atoms with van der Waals surface area (Å²) in [7, 11) is 2.21. The number of piperazine rings is 2. The van der Waals surface area contributed by atoms with E-state index in [9.17, 15) is 0 Å². The van der Waals surface area contributed by atoms with E-state index >= 15 is 0 Å². The normalized spacial score (nSPS) is 18.2. The highest BCUT2D eigenvalue weighted by molar-refractivity contribution is 9.10. The predicted molar refractivity (Wildman–Crippen MR) is 142 cm³/mol. The van der Waals surface area contributed by atoms with Crippen molar-refractivity contribution < 1.29 is 0 Å². The van der Waals surface area contributed by atoms with Gasteiger partial charge in [-0.15, -0.1) is 0 Å². The van der Waals surface area contributed by atoms with Crippen LogP contribution in [0.3, 0.4) is 0 Å². The number of nitrogens with one attached hydrogen (secondary N) is 1. The monoisotopic (exact) mass is 546 g/mol. The first-order valence-corrected chi connectivity index (χ1v) is 13.2. The molecule has 0 atom stereocenters. The van der Waals surface area contributed by atoms with Crippen molar-refractivity contribution in [2.45, 2.75) is 19.8 Å². The van der Waals surface area contributed by atoms with Crippen LogP contribution in [0.25, 0.3) is 11.0 Å². The topological polar surface area (TPSA) is 67.4 Å². The summed E-state index contributed by atoms with van der Waals surface area (Å²) in [6, 6.07) is 4.29. The summed E-state index contributed by atoms with van der Waals surface area (Å²) in [5.74, 6) is 0.928. The molecule has 0 aliphatic carbocycles. The minimum Gasteiger partial charge on any atom is -0.368 e. The van der Waals surface area contributed by atoms with Gasteiger partial charge in [0.1, 0.15) is 16.7 Å². The van der Waals surface area contributed by atoms with Gasteiger partial charge in [0.05, 0.1) is 5.39 Å². The molecular weight excluding hydrogens is 516 g/mol. The SMILES string of the molecule is Cc1c(CCCN2CCN(C)CC2)cc(Cl)cc1N1CCN(c2ncnc3[nH]nc(Br)c23)CC1. The van der Waals surface area contributed by atoms with Gasteiger partial charge in [-0.25, -0.2) is 9.97 Å². The zero-order valence-electron chi connectivity index (χ0n) is 19.9. The lowest BCUT2D eigenvalue weighted by atomic mass is 10.0. The summed E-state index contributed by atoms with van der Waals surface area (Å²) in [5, 5.41) is 8.96. The third-order valence-electron chi connectivity index (χ3n) is 7.18. The van der Waals surface area contributed by atoms with Crippen LogP contribution >= 0.6 is 27.5 Å². The lowest BCUT2D eigenvalue weighted by molar-refractivity contribution is 0.153. The van der Waals surface area contributed by atoms with Crippen molar-refractivity contribution in [1.29, 1.82) is 0 Å². The van der Waals surface area contributed by atoms with Gasteiger partial charge in [-0.1, -0.05) is 11.6 Å². The number of nitrogens with zero attached hydrogens (tertiary/aromatic N) is 7. The van der Waals surface area contributed by atoms with Crippen molar-refractivity contribution in [3.63, 3.8) is 0 Å². The van der Waals surface area contributed by atoms with E-state index in [0.717, 1.165) is 65.6 Å². The molecule has 2 aliphatic heterocycles. The smallest absolute Gasteiger partial charge is 0.161 e. The van der Waals surface area contributed by atoms with Crippen LogP contribution in [0.4, 0.5) is 11.5 Å². The molecule has 0 saturated carbocycles. The Hall–Kier alpha value is -1.94. The number of aromatic amines is 1. The summed E-state index contributed by atoms with van der Waals surface area (Å²) in [6.07, 6.45) is 3.84. The van der Waals surface area contributed by atoms with Crippen LogP contribution in [0.1, 0.15) is 17.5 Å². The molecule has 182 valence electrons. The highest BCUT2D eigenvalue weighted by atomic mass is 79.9. The Bertz CT molecular complexity index is 1140. The minimum atomic E-state index is 0.756. The van der Waals surface area contributed by atoms with E-state index in [0.29, 0.717) is 0 Å². The predicted octanol–water partition coefficient (Wildman–Crippen LogP) is 3.58. The number of rotatable bonds is 6. The molecule has 0 radical (unpaired) electrons. The van der Waals surface area contributed by atoms with Gasteiger partial charge in [0.2, 0.25) is 0 Å². The third-order valence-corrected chi connectivity index (χ3v) is 7.97. The van der Waals surface area contributed by atoms with Crippen molar-refractivity contribution in [1.82, 2.24) is 30.0 Å². The lowest BCUT2D eigenvalue weighted by Gasteiger charge is -2.38. The standard InChI is InChI=1S/C24H32BrClN8/c1-17-18(4-3-5-32-8-6-31(2)7-9-32)14-19(26)15-20(17)33-10-12-34(13-11-33)24-21-22(25)29-30-23(21)27-16-28-24/h14-16H,3-13H2,1-2H3,(H,27,28,29,30). The fraction of sp³-hybridized carbons (Fsp3) is 0.542. The summed E-state index contributed by atoms with van der Waals surface area (Å²) >= 11 is 10.1. The van der Waals surface area contributed by atoms with Gasteiger partial charge in [-0.05, 0) is 72.5 Å². The number of likely N-dealkylation sites (N-methyl/N-ethyl adjacent to an activating group) is 1. The highest BCUT2D eigenvalue weighted by Crippen LogP contribution is 2.32. The first-order valence-electron chi connectivity index (χ1n) is 12.0. The minimum absolute atomic E-state index is 0.756. The second-order valence-electron chi connectivity index (χ2n) is 9.37. The van der Waals surface area contributed by atoms with E-state index in [1.165, 1.54) is 49.4 Å². The van der Waals surface area contributed by atoms with Gasteiger partial charge in [-0.3, -0.25) is 5.10 Å². The molecule has 3 aromatic rings. The molecule has 10 heteroatoms. The molecule has 34 heavy (non-hydrogen) atoms. The number of aryl methyl sites for hydroxylation is 1. The van der Waals surface area contributed by atoms with Crippen molar-refractivity contribution in [2.24, 2.45) is 0 Å². The molecule has 1 N–H and O–H groups in total. The van der Waals surface area contributed by atoms with Gasteiger partial charge in [-0.2, -0.15) is 5.10 Å². The van der Waals surface area contributed by atoms with Crippen LogP contribution < -0.4 is 9.80 Å². The van der Waals surface area contributed by atoms with Crippen LogP contribution in [0.2, 0.25) is 5.02 Å². The van der Waals surface area contributed by atoms with Crippen LogP contribution in [0.5, 0.6) is 0 Å². The van der Waals surface area contributed by atoms with Gasteiger partial charge in [0, 0.05) is 63.1 Å². The van der Waals surface area contributed by atoms with E-state index in [1.807, 2.05) is 0 Å². The average Bonchev–Trinajstić information content (AvgIpc) is 3.23. The molecule has 2 fully saturated rings. The molecule has 2 aliphatic rings. The molecular formula is C24H32BrClN8. The van der Waals surface area contributed by atoms with E-state index in [2.05, 4.69) is 81.8 Å². The van der Waals surface area contributed by atoms with Crippen LogP contribution in [0, 0.1) is 6.92 Å². The summed E-state index contributed by atoms with van der Waals surface area (Å²) in [6.45, 7) is 11.7. The van der Waals surface area contributed by atoms with Gasteiger partial charge in [0.15, 0.2) is 5.65 Å². The number of hydrogen-bond donors (Lipinski definition) is 1. The number of halogens is 2. The Morgan fingerprint density at radius 1 is 1.00 bits per heavy atom. The van der Waals surface area contributed by atoms with Crippen LogP contribution in [-0.4, -0.2) is 95.9 Å². The van der Waals surface area contributed by atoms with E-state index in [1.54, 1.807) is 6.33 Å². The molecule has 0 amide bonds. The maximum absolute atomic E-state index is 6.59. The second kappa shape index (κ2) is 10.4. The molecule has 2 saturated heterocycles. The first kappa shape index (κ1) is 23.8. The number of fused-ring (bicyclic) bond motifs is 1. The number of aromatic nitrogens is 4. The molecule has 0 bridgehead atoms. The van der Waals surface area contributed by atoms with Crippen LogP contribution in [-0.2, 0) is 6.42 Å². The average molecular weight is 548 g/mol. The zero-order chi connectivity index (χ0) is 23.7. The number of H-pyrrole nitrogens is 1. The summed E-state index contributed by atoms with van der Waals surface area (Å²) < 4.78 is 0.757. The number of hydrogen-bond acceptors (Lipinski definition) is 7. The Labute approximate surface area is 214 Å². The Morgan fingerprint density at radius 3 is 2.50 bits per heavy atom. The second-order valence-corrected chi connectivity index (χ2v) is 10.6. The largest absolute Gasteiger partial charge is 0.368 e. The maximum Gasteiger partial charge on any atom is 0.161 e. The Kier molecular flexibility index (Phi) is 7.24. The maximum atomic E-state index is 6.59. The molecule has 8 nitrogen and oxygen atoms in total. The third kappa shape index (κ3) is 5.03. The Balaban J connectivity index is 1.24. The molecule has 4 heterocycles. The van der Waals surface area contributed by atoms with Crippen molar-refractivity contribution in [3.8, 4) is 0 Å². The fourth-order valence-corrected chi connectivity index (χ4v) is 5.77. The summed E-state index contributed by atoms with van der Waals surface area (Å²) in [4.78, 5) is 18.6. The first-order chi connectivity index (χ1) is 16.5. The van der Waals surface area contributed by atoms with Crippen LogP contribution in [0.15, 0.2) is 23.1 Å². The van der Waals surface area contributed by atoms with Gasteiger partial charge >= 0.3 is 0 Å². The molecule has 2 aromatic heterocycles. The van der Waals surface area contributed by atoms with Crippen molar-refractivity contribution >= 4 is 50.1 Å². The lowest BCUT2D eigenvalue weighted by Crippen LogP contribution is -2.47. The van der Waals surface area contributed by atoms with Gasteiger partial charge < -0.3 is 19.6 Å². The highest BCUT2D eigenvalue weighted by Gasteiger charge is 2.24. The van der Waals surface area contributed by atoms with Crippen molar-refractivity contribution in [3.05, 3.63) is 39.2 Å². The van der Waals surface area contributed by atoms with E-state index in [4.69, 9.17) is 11.6 Å². The summed E-state index contributed by atoms with van der Waals surface area (Å²) in [5.41, 5.74) is 4.75. The molecule has 0 unspecified atom stereocenters. The van der Waals surface area contributed by atoms with Crippen molar-refractivity contribution in [2.75, 3.05) is 75.8 Å². The van der Waals surface area contributed by atoms with Gasteiger partial charge in [0.25, 0.3) is 0 Å².